The van der Waals surface area contributed by atoms with Gasteiger partial charge in [-0.1, -0.05) is 6.92 Å². The van der Waals surface area contributed by atoms with Crippen LogP contribution in [-0.4, -0.2) is 52.5 Å². The molecule has 1 saturated heterocycles. The molecule has 2 rings (SSSR count). The molecule has 104 valence electrons. The number of carbonyl (C=O) groups excluding carboxylic acids is 1. The van der Waals surface area contributed by atoms with Crippen LogP contribution in [-0.2, 0) is 4.79 Å². The average molecular weight is 263 g/mol. The Morgan fingerprint density at radius 2 is 2.05 bits per heavy atom. The molecule has 6 heteroatoms. The topological polar surface area (TPSA) is 75.4 Å². The number of nitrogens with zero attached hydrogens (tertiary/aromatic N) is 4. The van der Waals surface area contributed by atoms with E-state index in [1.807, 2.05) is 11.8 Å². The van der Waals surface area contributed by atoms with Crippen LogP contribution < -0.4 is 10.6 Å². The maximum atomic E-state index is 12.2. The van der Waals surface area contributed by atoms with E-state index in [0.717, 1.165) is 18.9 Å². The number of aromatic nitrogens is 2. The third-order valence-electron chi connectivity index (χ3n) is 3.66. The van der Waals surface area contributed by atoms with Gasteiger partial charge in [-0.2, -0.15) is 0 Å². The quantitative estimate of drug-likeness (QED) is 0.846. The van der Waals surface area contributed by atoms with Gasteiger partial charge in [0.1, 0.15) is 5.82 Å². The van der Waals surface area contributed by atoms with Crippen LogP contribution in [0.3, 0.4) is 0 Å². The fourth-order valence-electron chi connectivity index (χ4n) is 2.11. The van der Waals surface area contributed by atoms with Crippen LogP contribution in [0.5, 0.6) is 0 Å². The Bertz CT molecular complexity index is 426. The van der Waals surface area contributed by atoms with Crippen molar-refractivity contribution in [3.05, 3.63) is 18.6 Å². The van der Waals surface area contributed by atoms with E-state index in [1.165, 1.54) is 0 Å². The van der Waals surface area contributed by atoms with Crippen LogP contribution in [0, 0.1) is 0 Å². The molecule has 1 aromatic rings. The number of nitrogens with two attached hydrogens (primary N) is 1. The molecule has 19 heavy (non-hydrogen) atoms. The van der Waals surface area contributed by atoms with Gasteiger partial charge in [0.2, 0.25) is 5.91 Å². The number of hydrogen-bond acceptors (Lipinski definition) is 5. The minimum absolute atomic E-state index is 0.0359. The Balaban J connectivity index is 1.95. The standard InChI is InChI=1S/C13H21N5O/c1-3-13(2,14)12(19)18-8-6-17(7-9-18)11-10-15-4-5-16-11/h4-5,10H,3,6-9,14H2,1-2H3. The monoisotopic (exact) mass is 263 g/mol. The molecule has 1 aliphatic heterocycles. The van der Waals surface area contributed by atoms with Crippen LogP contribution in [0.25, 0.3) is 0 Å². The highest BCUT2D eigenvalue weighted by atomic mass is 16.2. The fraction of sp³-hybridized carbons (Fsp3) is 0.615. The molecule has 1 amide bonds. The predicted octanol–water partition coefficient (Wildman–Crippen LogP) is 0.253. The molecule has 1 aromatic heterocycles. The molecule has 0 aliphatic carbocycles. The summed E-state index contributed by atoms with van der Waals surface area (Å²) in [5, 5.41) is 0. The zero-order chi connectivity index (χ0) is 13.9. The van der Waals surface area contributed by atoms with E-state index in [1.54, 1.807) is 25.5 Å². The van der Waals surface area contributed by atoms with E-state index in [0.29, 0.717) is 19.5 Å². The fourth-order valence-corrected chi connectivity index (χ4v) is 2.11. The molecule has 0 saturated carbocycles. The van der Waals surface area contributed by atoms with Crippen molar-refractivity contribution in [3.63, 3.8) is 0 Å². The minimum atomic E-state index is -0.755. The van der Waals surface area contributed by atoms with E-state index in [9.17, 15) is 4.79 Å². The largest absolute Gasteiger partial charge is 0.352 e. The summed E-state index contributed by atoms with van der Waals surface area (Å²) >= 11 is 0. The van der Waals surface area contributed by atoms with Crippen LogP contribution in [0.1, 0.15) is 20.3 Å². The molecule has 0 bridgehead atoms. The molecule has 1 atom stereocenters. The Morgan fingerprint density at radius 3 is 2.58 bits per heavy atom. The van der Waals surface area contributed by atoms with Crippen molar-refractivity contribution < 1.29 is 4.79 Å². The van der Waals surface area contributed by atoms with Crippen LogP contribution in [0.15, 0.2) is 18.6 Å². The summed E-state index contributed by atoms with van der Waals surface area (Å²) < 4.78 is 0. The molecule has 1 fully saturated rings. The molecule has 0 spiro atoms. The molecule has 0 aromatic carbocycles. The second-order valence-corrected chi connectivity index (χ2v) is 5.11. The van der Waals surface area contributed by atoms with Gasteiger partial charge in [0.25, 0.3) is 0 Å². The van der Waals surface area contributed by atoms with E-state index in [-0.39, 0.29) is 5.91 Å². The second kappa shape index (κ2) is 5.52. The zero-order valence-electron chi connectivity index (χ0n) is 11.5. The maximum absolute atomic E-state index is 12.2. The minimum Gasteiger partial charge on any atom is -0.352 e. The second-order valence-electron chi connectivity index (χ2n) is 5.11. The van der Waals surface area contributed by atoms with E-state index >= 15 is 0 Å². The summed E-state index contributed by atoms with van der Waals surface area (Å²) in [6, 6.07) is 0. The Morgan fingerprint density at radius 1 is 1.37 bits per heavy atom. The lowest BCUT2D eigenvalue weighted by atomic mass is 9.98. The average Bonchev–Trinajstić information content (AvgIpc) is 2.47. The summed E-state index contributed by atoms with van der Waals surface area (Å²) in [6.45, 7) is 6.64. The van der Waals surface area contributed by atoms with E-state index < -0.39 is 5.54 Å². The lowest BCUT2D eigenvalue weighted by Crippen LogP contribution is -2.58. The summed E-state index contributed by atoms with van der Waals surface area (Å²) in [5.41, 5.74) is 5.25. The third kappa shape index (κ3) is 3.01. The molecular formula is C13H21N5O. The van der Waals surface area contributed by atoms with Gasteiger partial charge >= 0.3 is 0 Å². The SMILES string of the molecule is CCC(C)(N)C(=O)N1CCN(c2cnccn2)CC1. The highest BCUT2D eigenvalue weighted by Crippen LogP contribution is 2.15. The molecular weight excluding hydrogens is 242 g/mol. The van der Waals surface area contributed by atoms with Crippen LogP contribution in [0.4, 0.5) is 5.82 Å². The first-order valence-corrected chi connectivity index (χ1v) is 6.64. The highest BCUT2D eigenvalue weighted by molar-refractivity contribution is 5.85. The normalized spacial score (nSPS) is 19.1. The van der Waals surface area contributed by atoms with E-state index in [4.69, 9.17) is 5.73 Å². The highest BCUT2D eigenvalue weighted by Gasteiger charge is 2.32. The first-order valence-electron chi connectivity index (χ1n) is 6.64. The molecule has 6 nitrogen and oxygen atoms in total. The first kappa shape index (κ1) is 13.7. The number of piperazine rings is 1. The summed E-state index contributed by atoms with van der Waals surface area (Å²) in [6.07, 6.45) is 5.73. The predicted molar refractivity (Wildman–Crippen MR) is 73.7 cm³/mol. The third-order valence-corrected chi connectivity index (χ3v) is 3.66. The van der Waals surface area contributed by atoms with Gasteiger partial charge in [-0.05, 0) is 13.3 Å². The van der Waals surface area contributed by atoms with Gasteiger partial charge in [0.05, 0.1) is 11.7 Å². The molecule has 1 aliphatic rings. The van der Waals surface area contributed by atoms with Gasteiger partial charge < -0.3 is 15.5 Å². The van der Waals surface area contributed by atoms with Crippen molar-refractivity contribution in [1.82, 2.24) is 14.9 Å². The number of rotatable bonds is 3. The number of hydrogen-bond donors (Lipinski definition) is 1. The maximum Gasteiger partial charge on any atom is 0.242 e. The molecule has 0 radical (unpaired) electrons. The lowest BCUT2D eigenvalue weighted by Gasteiger charge is -2.38. The lowest BCUT2D eigenvalue weighted by molar-refractivity contribution is -0.136. The number of anilines is 1. The van der Waals surface area contributed by atoms with Crippen molar-refractivity contribution in [2.75, 3.05) is 31.1 Å². The van der Waals surface area contributed by atoms with Crippen molar-refractivity contribution in [2.24, 2.45) is 5.73 Å². The van der Waals surface area contributed by atoms with Gasteiger partial charge in [-0.25, -0.2) is 4.98 Å². The zero-order valence-corrected chi connectivity index (χ0v) is 11.5. The smallest absolute Gasteiger partial charge is 0.242 e. The van der Waals surface area contributed by atoms with Crippen molar-refractivity contribution in [2.45, 2.75) is 25.8 Å². The van der Waals surface area contributed by atoms with Crippen molar-refractivity contribution in [1.29, 1.82) is 0 Å². The number of amides is 1. The number of carbonyl (C=O) groups is 1. The van der Waals surface area contributed by atoms with Crippen LogP contribution in [0.2, 0.25) is 0 Å². The first-order chi connectivity index (χ1) is 9.04. The van der Waals surface area contributed by atoms with E-state index in [2.05, 4.69) is 14.9 Å². The molecule has 2 heterocycles. The van der Waals surface area contributed by atoms with Gasteiger partial charge in [-0.15, -0.1) is 0 Å². The Hall–Kier alpha value is -1.69. The molecule has 1 unspecified atom stereocenters. The van der Waals surface area contributed by atoms with Crippen molar-refractivity contribution in [3.8, 4) is 0 Å². The van der Waals surface area contributed by atoms with Gasteiger partial charge in [0, 0.05) is 38.6 Å². The van der Waals surface area contributed by atoms with Crippen LogP contribution >= 0.6 is 0 Å². The molecule has 2 N–H and O–H groups in total. The summed E-state index contributed by atoms with van der Waals surface area (Å²) in [4.78, 5) is 24.6. The van der Waals surface area contributed by atoms with Crippen molar-refractivity contribution >= 4 is 11.7 Å². The Kier molecular flexibility index (Phi) is 3.99. The Labute approximate surface area is 113 Å². The van der Waals surface area contributed by atoms with Gasteiger partial charge in [-0.3, -0.25) is 9.78 Å². The summed E-state index contributed by atoms with van der Waals surface area (Å²) in [7, 11) is 0. The summed E-state index contributed by atoms with van der Waals surface area (Å²) in [5.74, 6) is 0.898. The van der Waals surface area contributed by atoms with Gasteiger partial charge in [0.15, 0.2) is 0 Å².